The van der Waals surface area contributed by atoms with Gasteiger partial charge in [0.25, 0.3) is 0 Å². The molecular formula is C5H11N. The Labute approximate surface area is 39.5 Å². The van der Waals surface area contributed by atoms with Crippen LogP contribution in [0.5, 0.6) is 0 Å². The Morgan fingerprint density at radius 1 is 1.67 bits per heavy atom. The third-order valence-electron chi connectivity index (χ3n) is 0.675. The topological polar surface area (TPSA) is 26.0 Å². The maximum atomic E-state index is 4.96. The zero-order chi connectivity index (χ0) is 4.83. The molecule has 0 heterocycles. The number of rotatable bonds is 3. The SMILES string of the molecule is CCCC[C]N. The lowest BCUT2D eigenvalue weighted by Gasteiger charge is -1.85. The van der Waals surface area contributed by atoms with Gasteiger partial charge in [-0.1, -0.05) is 19.8 Å². The van der Waals surface area contributed by atoms with Crippen LogP contribution in [0.2, 0.25) is 0 Å². The van der Waals surface area contributed by atoms with E-state index in [2.05, 4.69) is 13.5 Å². The van der Waals surface area contributed by atoms with Gasteiger partial charge < -0.3 is 5.73 Å². The van der Waals surface area contributed by atoms with Crippen LogP contribution in [0.4, 0.5) is 0 Å². The first-order valence-corrected chi connectivity index (χ1v) is 2.35. The molecule has 1 heteroatoms. The third kappa shape index (κ3) is 3.96. The third-order valence-corrected chi connectivity index (χ3v) is 0.675. The Hall–Kier alpha value is -0.0400. The van der Waals surface area contributed by atoms with E-state index < -0.39 is 0 Å². The van der Waals surface area contributed by atoms with Crippen LogP contribution in [0.1, 0.15) is 26.2 Å². The van der Waals surface area contributed by atoms with Gasteiger partial charge in [-0.05, 0) is 6.42 Å². The second-order valence-electron chi connectivity index (χ2n) is 1.31. The first-order valence-electron chi connectivity index (χ1n) is 2.35. The summed E-state index contributed by atoms with van der Waals surface area (Å²) in [5, 5.41) is 0. The summed E-state index contributed by atoms with van der Waals surface area (Å²) in [5.41, 5.74) is 4.96. The lowest BCUT2D eigenvalue weighted by atomic mass is 10.3. The summed E-state index contributed by atoms with van der Waals surface area (Å²) >= 11 is 0. The van der Waals surface area contributed by atoms with Crippen LogP contribution in [-0.4, -0.2) is 0 Å². The molecule has 2 radical (unpaired) electrons. The lowest BCUT2D eigenvalue weighted by molar-refractivity contribution is 0.777. The van der Waals surface area contributed by atoms with E-state index in [0.29, 0.717) is 0 Å². The largest absolute Gasteiger partial charge is 0.322 e. The first kappa shape index (κ1) is 5.96. The molecule has 0 saturated heterocycles. The van der Waals surface area contributed by atoms with Gasteiger partial charge in [-0.2, -0.15) is 0 Å². The van der Waals surface area contributed by atoms with Crippen molar-refractivity contribution in [3.05, 3.63) is 6.54 Å². The van der Waals surface area contributed by atoms with Gasteiger partial charge in [0.15, 0.2) is 0 Å². The van der Waals surface area contributed by atoms with Crippen LogP contribution >= 0.6 is 0 Å². The van der Waals surface area contributed by atoms with Crippen molar-refractivity contribution in [2.45, 2.75) is 26.2 Å². The molecule has 0 aromatic rings. The second kappa shape index (κ2) is 4.96. The standard InChI is InChI=1S/C5H11N/c1-2-3-4-5-6/h2-4,6H2,1H3. The number of nitrogens with two attached hydrogens (primary N) is 1. The average Bonchev–Trinajstić information content (AvgIpc) is 1.61. The molecule has 0 rings (SSSR count). The predicted octanol–water partition coefficient (Wildman–Crippen LogP) is 1.17. The van der Waals surface area contributed by atoms with E-state index in [4.69, 9.17) is 5.73 Å². The minimum Gasteiger partial charge on any atom is -0.322 e. The second-order valence-corrected chi connectivity index (χ2v) is 1.31. The van der Waals surface area contributed by atoms with Crippen LogP contribution in [-0.2, 0) is 0 Å². The fourth-order valence-corrected chi connectivity index (χ4v) is 0.279. The molecule has 0 amide bonds. The van der Waals surface area contributed by atoms with Gasteiger partial charge in [0.05, 0.1) is 6.54 Å². The van der Waals surface area contributed by atoms with Crippen molar-refractivity contribution in [3.63, 3.8) is 0 Å². The molecule has 0 saturated carbocycles. The van der Waals surface area contributed by atoms with E-state index in [1.807, 2.05) is 0 Å². The molecule has 1 nitrogen and oxygen atoms in total. The maximum absolute atomic E-state index is 4.96. The van der Waals surface area contributed by atoms with Gasteiger partial charge in [-0.25, -0.2) is 0 Å². The zero-order valence-electron chi connectivity index (χ0n) is 4.20. The molecule has 0 atom stereocenters. The van der Waals surface area contributed by atoms with Crippen molar-refractivity contribution in [1.82, 2.24) is 0 Å². The molecule has 0 spiro atoms. The minimum absolute atomic E-state index is 0.941. The Kier molecular flexibility index (Phi) is 4.93. The molecule has 6 heavy (non-hydrogen) atoms. The fraction of sp³-hybridized carbons (Fsp3) is 0.800. The van der Waals surface area contributed by atoms with Crippen LogP contribution in [0.25, 0.3) is 0 Å². The van der Waals surface area contributed by atoms with Gasteiger partial charge in [-0.15, -0.1) is 0 Å². The van der Waals surface area contributed by atoms with Crippen molar-refractivity contribution in [2.24, 2.45) is 5.73 Å². The first-order chi connectivity index (χ1) is 2.91. The summed E-state index contributed by atoms with van der Waals surface area (Å²) < 4.78 is 0. The molecule has 0 unspecified atom stereocenters. The highest BCUT2D eigenvalue weighted by Gasteiger charge is 1.76. The van der Waals surface area contributed by atoms with E-state index >= 15 is 0 Å². The summed E-state index contributed by atoms with van der Waals surface area (Å²) in [4.78, 5) is 0. The highest BCUT2D eigenvalue weighted by Crippen LogP contribution is 1.91. The number of hydrogen-bond donors (Lipinski definition) is 1. The molecule has 0 aliphatic rings. The highest BCUT2D eigenvalue weighted by molar-refractivity contribution is 4.50. The van der Waals surface area contributed by atoms with E-state index in [1.165, 1.54) is 12.8 Å². The van der Waals surface area contributed by atoms with Crippen molar-refractivity contribution < 1.29 is 0 Å². The van der Waals surface area contributed by atoms with Crippen molar-refractivity contribution in [2.75, 3.05) is 0 Å². The summed E-state index contributed by atoms with van der Waals surface area (Å²) in [7, 11) is 0. The summed E-state index contributed by atoms with van der Waals surface area (Å²) in [6, 6.07) is 0. The Morgan fingerprint density at radius 3 is 2.50 bits per heavy atom. The molecule has 0 aliphatic heterocycles. The van der Waals surface area contributed by atoms with Crippen molar-refractivity contribution >= 4 is 0 Å². The van der Waals surface area contributed by atoms with E-state index in [-0.39, 0.29) is 0 Å². The zero-order valence-corrected chi connectivity index (χ0v) is 4.20. The van der Waals surface area contributed by atoms with Crippen LogP contribution in [0.3, 0.4) is 0 Å². The van der Waals surface area contributed by atoms with Crippen molar-refractivity contribution in [1.29, 1.82) is 0 Å². The molecular weight excluding hydrogens is 74.1 g/mol. The molecule has 0 aromatic carbocycles. The summed E-state index contributed by atoms with van der Waals surface area (Å²) in [6.45, 7) is 4.70. The lowest BCUT2D eigenvalue weighted by Crippen LogP contribution is -1.87. The van der Waals surface area contributed by atoms with Crippen LogP contribution in [0, 0.1) is 6.54 Å². The van der Waals surface area contributed by atoms with Gasteiger partial charge in [0, 0.05) is 0 Å². The molecule has 0 aliphatic carbocycles. The van der Waals surface area contributed by atoms with E-state index in [1.54, 1.807) is 0 Å². The number of hydrogen-bond acceptors (Lipinski definition) is 1. The van der Waals surface area contributed by atoms with E-state index in [9.17, 15) is 0 Å². The molecule has 0 bridgehead atoms. The maximum Gasteiger partial charge on any atom is 0.0556 e. The van der Waals surface area contributed by atoms with Crippen LogP contribution in [0.15, 0.2) is 0 Å². The molecule has 0 aromatic heterocycles. The normalized spacial score (nSPS) is 9.00. The summed E-state index contributed by atoms with van der Waals surface area (Å²) in [6.07, 6.45) is 3.33. The number of unbranched alkanes of at least 4 members (excludes halogenated alkanes) is 2. The van der Waals surface area contributed by atoms with Crippen molar-refractivity contribution in [3.8, 4) is 0 Å². The Bertz CT molecular complexity index is 15.9. The Morgan fingerprint density at radius 2 is 2.33 bits per heavy atom. The monoisotopic (exact) mass is 85.1 g/mol. The minimum atomic E-state index is 0.941. The summed E-state index contributed by atoms with van der Waals surface area (Å²) in [5.74, 6) is 0. The quantitative estimate of drug-likeness (QED) is 0.404. The predicted molar refractivity (Wildman–Crippen MR) is 27.0 cm³/mol. The molecule has 36 valence electrons. The van der Waals surface area contributed by atoms with Gasteiger partial charge in [0.2, 0.25) is 0 Å². The van der Waals surface area contributed by atoms with Gasteiger partial charge >= 0.3 is 0 Å². The molecule has 0 fully saturated rings. The molecule has 2 N–H and O–H groups in total. The fourth-order valence-electron chi connectivity index (χ4n) is 0.279. The average molecular weight is 85.2 g/mol. The smallest absolute Gasteiger partial charge is 0.0556 e. The Balaban J connectivity index is 2.34. The van der Waals surface area contributed by atoms with Crippen LogP contribution < -0.4 is 5.73 Å². The van der Waals surface area contributed by atoms with Gasteiger partial charge in [-0.3, -0.25) is 0 Å². The van der Waals surface area contributed by atoms with Gasteiger partial charge in [0.1, 0.15) is 0 Å². The van der Waals surface area contributed by atoms with E-state index in [0.717, 1.165) is 6.42 Å². The highest BCUT2D eigenvalue weighted by atomic mass is 14.5.